The van der Waals surface area contributed by atoms with Crippen LogP contribution >= 0.6 is 0 Å². The predicted octanol–water partition coefficient (Wildman–Crippen LogP) is 16.3. The average Bonchev–Trinajstić information content (AvgIpc) is 3.88. The monoisotopic (exact) mass is 778 g/mol. The first kappa shape index (κ1) is 34.9. The Balaban J connectivity index is 0.929. The SMILES string of the molecule is c1ccc(N(c2ccc(-c3cccc(-n4c5ccccc5c5ccccc54)c3)cc2)c2ccc(-c3ccc4ccccc4c3-c3cccc4c3oc3ccccc34)cc2)cc1. The average molecular weight is 779 g/mol. The Morgan fingerprint density at radius 1 is 0.344 bits per heavy atom. The third kappa shape index (κ3) is 5.82. The van der Waals surface area contributed by atoms with E-state index in [0.717, 1.165) is 66.9 Å². The van der Waals surface area contributed by atoms with Gasteiger partial charge in [-0.3, -0.25) is 0 Å². The second-order valence-corrected chi connectivity index (χ2v) is 15.7. The number of benzene rings is 10. The van der Waals surface area contributed by atoms with Crippen molar-refractivity contribution in [3.8, 4) is 39.1 Å². The van der Waals surface area contributed by atoms with Crippen molar-refractivity contribution in [1.29, 1.82) is 0 Å². The number of fused-ring (bicyclic) bond motifs is 7. The van der Waals surface area contributed by atoms with Gasteiger partial charge < -0.3 is 13.9 Å². The molecule has 61 heavy (non-hydrogen) atoms. The summed E-state index contributed by atoms with van der Waals surface area (Å²) in [4.78, 5) is 2.33. The van der Waals surface area contributed by atoms with Gasteiger partial charge in [-0.25, -0.2) is 0 Å². The molecule has 3 heteroatoms. The highest BCUT2D eigenvalue weighted by atomic mass is 16.3. The quantitative estimate of drug-likeness (QED) is 0.161. The Labute approximate surface area is 353 Å². The lowest BCUT2D eigenvalue weighted by Gasteiger charge is -2.26. The summed E-state index contributed by atoms with van der Waals surface area (Å²) in [5.74, 6) is 0. The van der Waals surface area contributed by atoms with Crippen LogP contribution in [0.25, 0.3) is 93.6 Å². The fraction of sp³-hybridized carbons (Fsp3) is 0. The number of aromatic nitrogens is 1. The molecule has 12 aromatic rings. The van der Waals surface area contributed by atoms with E-state index >= 15 is 0 Å². The molecule has 0 spiro atoms. The van der Waals surface area contributed by atoms with Crippen LogP contribution in [0.4, 0.5) is 17.1 Å². The number of anilines is 3. The van der Waals surface area contributed by atoms with Crippen LogP contribution in [-0.4, -0.2) is 4.57 Å². The first-order valence-electron chi connectivity index (χ1n) is 20.8. The summed E-state index contributed by atoms with van der Waals surface area (Å²) >= 11 is 0. The highest BCUT2D eigenvalue weighted by Gasteiger charge is 2.20. The van der Waals surface area contributed by atoms with Gasteiger partial charge in [0.15, 0.2) is 0 Å². The van der Waals surface area contributed by atoms with Gasteiger partial charge in [-0.15, -0.1) is 0 Å². The summed E-state index contributed by atoms with van der Waals surface area (Å²) < 4.78 is 8.99. The van der Waals surface area contributed by atoms with Crippen LogP contribution in [0.3, 0.4) is 0 Å². The van der Waals surface area contributed by atoms with Gasteiger partial charge in [-0.2, -0.15) is 0 Å². The van der Waals surface area contributed by atoms with Gasteiger partial charge in [0.1, 0.15) is 11.2 Å². The van der Waals surface area contributed by atoms with Crippen LogP contribution in [0.5, 0.6) is 0 Å². The molecule has 0 bridgehead atoms. The lowest BCUT2D eigenvalue weighted by Crippen LogP contribution is -2.09. The van der Waals surface area contributed by atoms with Gasteiger partial charge in [0, 0.05) is 55.4 Å². The Bertz CT molecular complexity index is 3520. The maximum atomic E-state index is 6.61. The van der Waals surface area contributed by atoms with Crippen molar-refractivity contribution in [2.24, 2.45) is 0 Å². The van der Waals surface area contributed by atoms with Crippen molar-refractivity contribution in [3.63, 3.8) is 0 Å². The van der Waals surface area contributed by atoms with Gasteiger partial charge in [0.05, 0.1) is 11.0 Å². The first-order valence-corrected chi connectivity index (χ1v) is 20.8. The molecular weight excluding hydrogens is 741 g/mol. The van der Waals surface area contributed by atoms with Gasteiger partial charge in [-0.05, 0) is 99.8 Å². The number of nitrogens with zero attached hydrogens (tertiary/aromatic N) is 2. The molecule has 10 aromatic carbocycles. The topological polar surface area (TPSA) is 21.3 Å². The summed E-state index contributed by atoms with van der Waals surface area (Å²) in [7, 11) is 0. The number of rotatable bonds is 7. The van der Waals surface area contributed by atoms with Gasteiger partial charge >= 0.3 is 0 Å². The first-order chi connectivity index (χ1) is 30.3. The molecule has 0 amide bonds. The van der Waals surface area contributed by atoms with E-state index in [1.807, 2.05) is 6.07 Å². The highest BCUT2D eigenvalue weighted by molar-refractivity contribution is 6.15. The molecule has 286 valence electrons. The molecule has 0 aliphatic heterocycles. The zero-order valence-corrected chi connectivity index (χ0v) is 33.2. The highest BCUT2D eigenvalue weighted by Crippen LogP contribution is 2.45. The molecule has 0 saturated carbocycles. The Hall–Kier alpha value is -8.14. The number of para-hydroxylation sites is 5. The summed E-state index contributed by atoms with van der Waals surface area (Å²) in [6.45, 7) is 0. The molecule has 12 rings (SSSR count). The maximum Gasteiger partial charge on any atom is 0.143 e. The lowest BCUT2D eigenvalue weighted by molar-refractivity contribution is 0.670. The zero-order chi connectivity index (χ0) is 40.3. The van der Waals surface area contributed by atoms with E-state index in [2.05, 4.69) is 234 Å². The minimum Gasteiger partial charge on any atom is -0.455 e. The lowest BCUT2D eigenvalue weighted by atomic mass is 9.89. The fourth-order valence-corrected chi connectivity index (χ4v) is 9.39. The molecule has 0 aliphatic rings. The number of furan rings is 1. The van der Waals surface area contributed by atoms with E-state index in [1.165, 1.54) is 43.7 Å². The molecule has 0 unspecified atom stereocenters. The molecule has 0 saturated heterocycles. The molecule has 2 heterocycles. The van der Waals surface area contributed by atoms with Gasteiger partial charge in [0.2, 0.25) is 0 Å². The minimum absolute atomic E-state index is 0.901. The maximum absolute atomic E-state index is 6.61. The number of hydrogen-bond donors (Lipinski definition) is 0. The molecule has 2 aromatic heterocycles. The summed E-state index contributed by atoms with van der Waals surface area (Å²) in [5.41, 5.74) is 15.6. The minimum atomic E-state index is 0.901. The molecule has 0 N–H and O–H groups in total. The van der Waals surface area contributed by atoms with E-state index in [1.54, 1.807) is 0 Å². The van der Waals surface area contributed by atoms with E-state index in [-0.39, 0.29) is 0 Å². The largest absolute Gasteiger partial charge is 0.455 e. The fourth-order valence-electron chi connectivity index (χ4n) is 9.39. The molecule has 0 atom stereocenters. The summed E-state index contributed by atoms with van der Waals surface area (Å²) in [5, 5.41) is 7.18. The zero-order valence-electron chi connectivity index (χ0n) is 33.2. The molecular formula is C58H38N2O. The predicted molar refractivity (Wildman–Crippen MR) is 257 cm³/mol. The van der Waals surface area contributed by atoms with Crippen LogP contribution in [0, 0.1) is 0 Å². The summed E-state index contributed by atoms with van der Waals surface area (Å²) in [6.07, 6.45) is 0. The third-order valence-corrected chi connectivity index (χ3v) is 12.2. The molecule has 0 fully saturated rings. The van der Waals surface area contributed by atoms with E-state index in [4.69, 9.17) is 4.42 Å². The van der Waals surface area contributed by atoms with Gasteiger partial charge in [0.25, 0.3) is 0 Å². The third-order valence-electron chi connectivity index (χ3n) is 12.2. The van der Waals surface area contributed by atoms with Crippen LogP contribution in [0.15, 0.2) is 235 Å². The van der Waals surface area contributed by atoms with Crippen LogP contribution in [0.2, 0.25) is 0 Å². The summed E-state index contributed by atoms with van der Waals surface area (Å²) in [6, 6.07) is 82.8. The van der Waals surface area contributed by atoms with Crippen LogP contribution < -0.4 is 4.90 Å². The van der Waals surface area contributed by atoms with Crippen LogP contribution in [-0.2, 0) is 0 Å². The van der Waals surface area contributed by atoms with E-state index in [0.29, 0.717) is 0 Å². The van der Waals surface area contributed by atoms with Crippen molar-refractivity contribution < 1.29 is 4.42 Å². The normalized spacial score (nSPS) is 11.6. The second-order valence-electron chi connectivity index (χ2n) is 15.7. The standard InChI is InChI=1S/C58H38N2O/c1-2-16-43(17-3-1)59(44-33-28-39(29-34-44)42-15-12-18-46(38-42)60-54-25-9-6-20-49(54)50-21-7-10-26-55(50)60)45-35-30-41(31-36-45)48-37-32-40-14-4-5-19-47(40)57(48)53-24-13-23-52-51-22-8-11-27-56(51)61-58(52)53/h1-38H. The van der Waals surface area contributed by atoms with Crippen molar-refractivity contribution >= 4 is 71.6 Å². The second kappa shape index (κ2) is 14.3. The van der Waals surface area contributed by atoms with Crippen molar-refractivity contribution in [2.45, 2.75) is 0 Å². The van der Waals surface area contributed by atoms with Crippen molar-refractivity contribution in [1.82, 2.24) is 4.57 Å². The molecule has 3 nitrogen and oxygen atoms in total. The van der Waals surface area contributed by atoms with E-state index < -0.39 is 0 Å². The smallest absolute Gasteiger partial charge is 0.143 e. The Kier molecular flexibility index (Phi) is 8.17. The van der Waals surface area contributed by atoms with E-state index in [9.17, 15) is 0 Å². The van der Waals surface area contributed by atoms with Crippen molar-refractivity contribution in [3.05, 3.63) is 231 Å². The van der Waals surface area contributed by atoms with Crippen molar-refractivity contribution in [2.75, 3.05) is 4.90 Å². The Morgan fingerprint density at radius 3 is 1.66 bits per heavy atom. The molecule has 0 radical (unpaired) electrons. The molecule has 0 aliphatic carbocycles. The Morgan fingerprint density at radius 2 is 0.918 bits per heavy atom. The number of hydrogen-bond acceptors (Lipinski definition) is 2. The van der Waals surface area contributed by atoms with Gasteiger partial charge in [-0.1, -0.05) is 164 Å². The van der Waals surface area contributed by atoms with Crippen LogP contribution in [0.1, 0.15) is 0 Å².